The average Bonchev–Trinajstić information content (AvgIpc) is 3.22. The van der Waals surface area contributed by atoms with Crippen molar-refractivity contribution < 1.29 is 38.1 Å². The first kappa shape index (κ1) is 28.3. The van der Waals surface area contributed by atoms with Gasteiger partial charge >= 0.3 is 23.9 Å². The molecule has 0 spiro atoms. The molecule has 0 aliphatic carbocycles. The van der Waals surface area contributed by atoms with Gasteiger partial charge in [-0.25, -0.2) is 28.5 Å². The normalized spacial score (nSPS) is 11.0. The summed E-state index contributed by atoms with van der Waals surface area (Å²) in [5.41, 5.74) is 1.29. The van der Waals surface area contributed by atoms with E-state index in [1.54, 1.807) is 55.4 Å². The van der Waals surface area contributed by atoms with Gasteiger partial charge in [0.05, 0.1) is 71.5 Å². The molecular weight excluding hydrogens is 472 g/mol. The van der Waals surface area contributed by atoms with Crippen molar-refractivity contribution in [2.75, 3.05) is 26.4 Å². The largest absolute Gasteiger partial charge is 0.462 e. The fourth-order valence-corrected chi connectivity index (χ4v) is 3.81. The molecule has 2 aromatic rings. The Hall–Kier alpha value is -3.96. The Morgan fingerprint density at radius 2 is 0.694 bits per heavy atom. The van der Waals surface area contributed by atoms with Gasteiger partial charge < -0.3 is 18.9 Å². The molecule has 12 heteroatoms. The number of carbonyl (C=O) groups is 4. The molecule has 0 N–H and O–H groups in total. The van der Waals surface area contributed by atoms with Crippen molar-refractivity contribution in [2.45, 2.75) is 55.4 Å². The van der Waals surface area contributed by atoms with Crippen LogP contribution in [0, 0.1) is 27.7 Å². The van der Waals surface area contributed by atoms with Crippen molar-refractivity contribution in [1.82, 2.24) is 9.35 Å². The Balaban J connectivity index is 2.72. The van der Waals surface area contributed by atoms with Crippen LogP contribution in [-0.2, 0) is 18.9 Å². The van der Waals surface area contributed by atoms with E-state index in [4.69, 9.17) is 18.9 Å². The Kier molecular flexibility index (Phi) is 9.53. The maximum absolute atomic E-state index is 12.6. The summed E-state index contributed by atoms with van der Waals surface area (Å²) in [5.74, 6) is -2.79. The molecule has 0 fully saturated rings. The number of esters is 4. The van der Waals surface area contributed by atoms with Gasteiger partial charge in [-0.1, -0.05) is 0 Å². The zero-order valence-corrected chi connectivity index (χ0v) is 21.9. The number of aromatic nitrogens is 2. The lowest BCUT2D eigenvalue weighted by Gasteiger charge is -2.05. The van der Waals surface area contributed by atoms with Gasteiger partial charge in [-0.3, -0.25) is 0 Å². The van der Waals surface area contributed by atoms with E-state index in [1.807, 2.05) is 0 Å². The van der Waals surface area contributed by atoms with Crippen LogP contribution in [0.4, 0.5) is 0 Å². The third-order valence-electron chi connectivity index (χ3n) is 5.36. The highest BCUT2D eigenvalue weighted by atomic mass is 16.5. The second-order valence-corrected chi connectivity index (χ2v) is 7.53. The summed E-state index contributed by atoms with van der Waals surface area (Å²) in [7, 11) is 0. The van der Waals surface area contributed by atoms with Crippen LogP contribution in [-0.4, -0.2) is 59.7 Å². The Bertz CT molecular complexity index is 1030. The Morgan fingerprint density at radius 3 is 0.861 bits per heavy atom. The molecule has 0 saturated carbocycles. The summed E-state index contributed by atoms with van der Waals surface area (Å²) in [5, 5.41) is 8.43. The molecule has 12 nitrogen and oxygen atoms in total. The second kappa shape index (κ2) is 12.1. The van der Waals surface area contributed by atoms with E-state index >= 15 is 0 Å². The van der Waals surface area contributed by atoms with Crippen molar-refractivity contribution in [3.05, 3.63) is 45.0 Å². The van der Waals surface area contributed by atoms with E-state index in [9.17, 15) is 19.2 Å². The number of nitrogens with zero attached hydrogens (tertiary/aromatic N) is 4. The fourth-order valence-electron chi connectivity index (χ4n) is 3.81. The van der Waals surface area contributed by atoms with Gasteiger partial charge in [-0.15, -0.1) is 0 Å². The molecule has 2 heterocycles. The highest BCUT2D eigenvalue weighted by molar-refractivity contribution is 6.06. The van der Waals surface area contributed by atoms with Gasteiger partial charge in [-0.2, -0.15) is 0 Å². The third kappa shape index (κ3) is 5.31. The van der Waals surface area contributed by atoms with E-state index in [2.05, 4.69) is 10.4 Å². The molecule has 0 atom stereocenters. The number of ether oxygens (including phenoxy) is 4. The van der Waals surface area contributed by atoms with Crippen LogP contribution in [0.25, 0.3) is 0 Å². The Labute approximate surface area is 209 Å². The van der Waals surface area contributed by atoms with Gasteiger partial charge in [0.2, 0.25) is 0 Å². The molecule has 2 rings (SSSR count). The van der Waals surface area contributed by atoms with Crippen molar-refractivity contribution in [3.63, 3.8) is 0 Å². The number of hydrogen-bond acceptors (Lipinski definition) is 10. The van der Waals surface area contributed by atoms with Gasteiger partial charge in [0, 0.05) is 0 Å². The summed E-state index contributed by atoms with van der Waals surface area (Å²) in [4.78, 5) is 50.6. The monoisotopic (exact) mass is 504 g/mol. The van der Waals surface area contributed by atoms with Crippen LogP contribution in [0.1, 0.15) is 91.9 Å². The van der Waals surface area contributed by atoms with Gasteiger partial charge in [-0.05, 0) is 65.8 Å². The standard InChI is InChI=1S/C24H32N4O8/c1-9-33-21(29)17-13(5)27(14(6)18(17)22(30)34-10-2)25-26-28-15(7)19(23(31)35-11-3)20(16(28)8)24(32)36-12-4/h9-12H2,1-8H3/b26-25-. The minimum Gasteiger partial charge on any atom is -0.462 e. The molecule has 0 aliphatic rings. The van der Waals surface area contributed by atoms with Gasteiger partial charge in [0.1, 0.15) is 0 Å². The van der Waals surface area contributed by atoms with E-state index < -0.39 is 23.9 Å². The molecule has 0 aliphatic heterocycles. The highest BCUT2D eigenvalue weighted by Gasteiger charge is 2.31. The maximum atomic E-state index is 12.6. The first-order chi connectivity index (χ1) is 17.1. The Morgan fingerprint density at radius 1 is 0.500 bits per heavy atom. The van der Waals surface area contributed by atoms with Crippen molar-refractivity contribution in [3.8, 4) is 0 Å². The van der Waals surface area contributed by atoms with Gasteiger partial charge in [0.15, 0.2) is 0 Å². The number of carbonyl (C=O) groups excluding carboxylic acids is 4. The van der Waals surface area contributed by atoms with E-state index in [1.165, 1.54) is 9.35 Å². The summed E-state index contributed by atoms with van der Waals surface area (Å²) in [6, 6.07) is 0. The van der Waals surface area contributed by atoms with Crippen molar-refractivity contribution in [2.24, 2.45) is 10.4 Å². The first-order valence-electron chi connectivity index (χ1n) is 11.6. The van der Waals surface area contributed by atoms with Crippen LogP contribution in [0.3, 0.4) is 0 Å². The summed E-state index contributed by atoms with van der Waals surface area (Å²) in [6.07, 6.45) is 0. The lowest BCUT2D eigenvalue weighted by molar-refractivity contribution is 0.0479. The number of hydrogen-bond donors (Lipinski definition) is 0. The minimum absolute atomic E-state index is 0.0205. The van der Waals surface area contributed by atoms with Crippen molar-refractivity contribution in [1.29, 1.82) is 0 Å². The molecule has 0 bridgehead atoms. The molecule has 36 heavy (non-hydrogen) atoms. The highest BCUT2D eigenvalue weighted by Crippen LogP contribution is 2.27. The summed E-state index contributed by atoms with van der Waals surface area (Å²) >= 11 is 0. The van der Waals surface area contributed by atoms with Gasteiger partial charge in [0.25, 0.3) is 0 Å². The number of rotatable bonds is 10. The van der Waals surface area contributed by atoms with E-state index in [0.29, 0.717) is 22.8 Å². The summed E-state index contributed by atoms with van der Waals surface area (Å²) in [6.45, 7) is 13.4. The van der Waals surface area contributed by atoms with E-state index in [0.717, 1.165) is 0 Å². The lowest BCUT2D eigenvalue weighted by atomic mass is 10.1. The SMILES string of the molecule is CCOC(=O)c1c(C(=O)OCC)c(C)n(/N=N\n2c(C)c(C(=O)OCC)c(C(=O)OCC)c2C)c1C. The topological polar surface area (TPSA) is 140 Å². The molecule has 0 saturated heterocycles. The lowest BCUT2D eigenvalue weighted by Crippen LogP contribution is -2.13. The van der Waals surface area contributed by atoms with Crippen LogP contribution in [0.5, 0.6) is 0 Å². The first-order valence-corrected chi connectivity index (χ1v) is 11.6. The summed E-state index contributed by atoms with van der Waals surface area (Å²) < 4.78 is 23.1. The van der Waals surface area contributed by atoms with Crippen LogP contribution in [0.2, 0.25) is 0 Å². The smallest absolute Gasteiger partial charge is 0.340 e. The maximum Gasteiger partial charge on any atom is 0.340 e. The zero-order valence-electron chi connectivity index (χ0n) is 21.9. The molecule has 196 valence electrons. The molecule has 0 amide bonds. The fraction of sp³-hybridized carbons (Fsp3) is 0.500. The molecule has 0 radical (unpaired) electrons. The molecule has 0 aromatic carbocycles. The van der Waals surface area contributed by atoms with Crippen LogP contribution in [0.15, 0.2) is 10.4 Å². The average molecular weight is 505 g/mol. The minimum atomic E-state index is -0.697. The molecular formula is C24H32N4O8. The quantitative estimate of drug-likeness (QED) is 0.269. The van der Waals surface area contributed by atoms with Crippen LogP contribution >= 0.6 is 0 Å². The van der Waals surface area contributed by atoms with Crippen LogP contribution < -0.4 is 0 Å². The molecule has 0 unspecified atom stereocenters. The second-order valence-electron chi connectivity index (χ2n) is 7.53. The zero-order chi connectivity index (χ0) is 27.2. The molecule has 2 aromatic heterocycles. The predicted molar refractivity (Wildman–Crippen MR) is 127 cm³/mol. The third-order valence-corrected chi connectivity index (χ3v) is 5.36. The van der Waals surface area contributed by atoms with E-state index in [-0.39, 0.29) is 48.7 Å². The predicted octanol–water partition coefficient (Wildman–Crippen LogP) is 3.91. The van der Waals surface area contributed by atoms with Crippen molar-refractivity contribution >= 4 is 23.9 Å².